The molecule has 0 fully saturated rings. The zero-order valence-electron chi connectivity index (χ0n) is 14.7. The number of hydrogen-bond donors (Lipinski definition) is 2. The Morgan fingerprint density at radius 2 is 1.71 bits per heavy atom. The van der Waals surface area contributed by atoms with Crippen LogP contribution in [0.3, 0.4) is 0 Å². The summed E-state index contributed by atoms with van der Waals surface area (Å²) in [6.45, 7) is 0. The van der Waals surface area contributed by atoms with Crippen molar-refractivity contribution in [3.05, 3.63) is 64.6 Å². The molecule has 3 rings (SSSR count). The number of halogens is 1. The Labute approximate surface area is 179 Å². The molecule has 2 aromatic carbocycles. The zero-order chi connectivity index (χ0) is 19.8. The molecule has 1 aromatic heterocycles. The number of amides is 2. The number of nitrogens with one attached hydrogen (secondary N) is 2. The molecule has 2 amide bonds. The first-order valence-corrected chi connectivity index (χ1v) is 11.0. The van der Waals surface area contributed by atoms with Crippen LogP contribution >= 0.6 is 39.0 Å². The van der Waals surface area contributed by atoms with Crippen LogP contribution in [-0.4, -0.2) is 27.8 Å². The normalized spacial score (nSPS) is 10.5. The van der Waals surface area contributed by atoms with E-state index in [1.54, 1.807) is 0 Å². The summed E-state index contributed by atoms with van der Waals surface area (Å²) in [4.78, 5) is 24.1. The largest absolute Gasteiger partial charge is 0.325 e. The van der Waals surface area contributed by atoms with E-state index in [2.05, 4.69) is 36.8 Å². The van der Waals surface area contributed by atoms with Crippen LogP contribution in [0.4, 0.5) is 10.8 Å². The van der Waals surface area contributed by atoms with E-state index < -0.39 is 0 Å². The quantitative estimate of drug-likeness (QED) is 0.366. The number of rotatable bonds is 8. The highest BCUT2D eigenvalue weighted by molar-refractivity contribution is 9.10. The van der Waals surface area contributed by atoms with Crippen LogP contribution in [-0.2, 0) is 16.0 Å². The van der Waals surface area contributed by atoms with Gasteiger partial charge in [0.15, 0.2) is 4.34 Å². The van der Waals surface area contributed by atoms with Gasteiger partial charge in [-0.1, -0.05) is 69.4 Å². The van der Waals surface area contributed by atoms with Crippen molar-refractivity contribution < 1.29 is 9.59 Å². The highest BCUT2D eigenvalue weighted by Crippen LogP contribution is 2.26. The second-order valence-corrected chi connectivity index (χ2v) is 8.87. The van der Waals surface area contributed by atoms with Crippen LogP contribution in [0.1, 0.15) is 12.0 Å². The number of benzene rings is 2. The van der Waals surface area contributed by atoms with Gasteiger partial charge in [-0.25, -0.2) is 0 Å². The maximum atomic E-state index is 12.0. The summed E-state index contributed by atoms with van der Waals surface area (Å²) in [7, 11) is 0. The van der Waals surface area contributed by atoms with Gasteiger partial charge in [-0.15, -0.1) is 10.2 Å². The van der Waals surface area contributed by atoms with Crippen molar-refractivity contribution in [2.45, 2.75) is 17.2 Å². The van der Waals surface area contributed by atoms with Gasteiger partial charge in [0.25, 0.3) is 0 Å². The summed E-state index contributed by atoms with van der Waals surface area (Å²) in [5, 5.41) is 14.0. The van der Waals surface area contributed by atoms with Crippen molar-refractivity contribution in [3.63, 3.8) is 0 Å². The molecule has 0 spiro atoms. The SMILES string of the molecule is O=C(CSc1nnc(NC(=O)CCc2ccccc2)s1)Nc1ccc(Br)cc1. The average molecular weight is 477 g/mol. The fraction of sp³-hybridized carbons (Fsp3) is 0.158. The van der Waals surface area contributed by atoms with Gasteiger partial charge in [0.1, 0.15) is 0 Å². The van der Waals surface area contributed by atoms with Gasteiger partial charge >= 0.3 is 0 Å². The number of anilines is 2. The van der Waals surface area contributed by atoms with Crippen LogP contribution in [0.15, 0.2) is 63.4 Å². The van der Waals surface area contributed by atoms with Gasteiger partial charge in [0.05, 0.1) is 5.75 Å². The van der Waals surface area contributed by atoms with Crippen LogP contribution in [0.25, 0.3) is 0 Å². The second kappa shape index (κ2) is 10.4. The molecule has 0 aliphatic rings. The first-order valence-electron chi connectivity index (χ1n) is 8.44. The smallest absolute Gasteiger partial charge is 0.234 e. The lowest BCUT2D eigenvalue weighted by atomic mass is 10.1. The average Bonchev–Trinajstić information content (AvgIpc) is 3.15. The maximum Gasteiger partial charge on any atom is 0.234 e. The van der Waals surface area contributed by atoms with E-state index in [1.165, 1.54) is 23.1 Å². The van der Waals surface area contributed by atoms with Crippen molar-refractivity contribution in [2.24, 2.45) is 0 Å². The minimum Gasteiger partial charge on any atom is -0.325 e. The Balaban J connectivity index is 1.41. The number of nitrogens with zero attached hydrogens (tertiary/aromatic N) is 2. The molecular weight excluding hydrogens is 460 g/mol. The molecule has 0 saturated carbocycles. The second-order valence-electron chi connectivity index (χ2n) is 5.75. The van der Waals surface area contributed by atoms with Gasteiger partial charge in [-0.2, -0.15) is 0 Å². The van der Waals surface area contributed by atoms with E-state index >= 15 is 0 Å². The lowest BCUT2D eigenvalue weighted by Crippen LogP contribution is -2.13. The molecule has 0 bridgehead atoms. The van der Waals surface area contributed by atoms with Crippen molar-refractivity contribution in [2.75, 3.05) is 16.4 Å². The first-order chi connectivity index (χ1) is 13.6. The molecule has 6 nitrogen and oxygen atoms in total. The minimum atomic E-state index is -0.129. The Morgan fingerprint density at radius 3 is 2.46 bits per heavy atom. The van der Waals surface area contributed by atoms with E-state index in [0.717, 1.165) is 15.7 Å². The van der Waals surface area contributed by atoms with Crippen molar-refractivity contribution in [3.8, 4) is 0 Å². The monoisotopic (exact) mass is 476 g/mol. The van der Waals surface area contributed by atoms with Gasteiger partial charge in [-0.05, 0) is 36.2 Å². The predicted molar refractivity (Wildman–Crippen MR) is 117 cm³/mol. The number of aryl methyl sites for hydroxylation is 1. The minimum absolute atomic E-state index is 0.107. The highest BCUT2D eigenvalue weighted by Gasteiger charge is 2.11. The number of aromatic nitrogens is 2. The summed E-state index contributed by atoms with van der Waals surface area (Å²) in [6, 6.07) is 17.2. The molecule has 0 aliphatic carbocycles. The number of carbonyl (C=O) groups excluding carboxylic acids is 2. The third kappa shape index (κ3) is 6.74. The Hall–Kier alpha value is -2.23. The molecule has 0 atom stereocenters. The molecule has 9 heteroatoms. The Kier molecular flexibility index (Phi) is 7.58. The molecule has 28 heavy (non-hydrogen) atoms. The standard InChI is InChI=1S/C19H17BrN4O2S2/c20-14-7-9-15(10-8-14)21-17(26)12-27-19-24-23-18(28-19)22-16(25)11-6-13-4-2-1-3-5-13/h1-5,7-10H,6,11-12H2,(H,21,26)(H,22,23,25). The molecule has 1 heterocycles. The fourth-order valence-corrected chi connectivity index (χ4v) is 4.09. The van der Waals surface area contributed by atoms with E-state index in [9.17, 15) is 9.59 Å². The maximum absolute atomic E-state index is 12.0. The van der Waals surface area contributed by atoms with Gasteiger partial charge < -0.3 is 10.6 Å². The number of carbonyl (C=O) groups is 2. The third-order valence-corrected chi connectivity index (χ3v) is 6.09. The van der Waals surface area contributed by atoms with Crippen LogP contribution in [0.5, 0.6) is 0 Å². The summed E-state index contributed by atoms with van der Waals surface area (Å²) in [5.41, 5.74) is 1.85. The number of hydrogen-bond acceptors (Lipinski definition) is 6. The summed E-state index contributed by atoms with van der Waals surface area (Å²) in [6.07, 6.45) is 1.05. The van der Waals surface area contributed by atoms with Crippen molar-refractivity contribution in [1.82, 2.24) is 10.2 Å². The van der Waals surface area contributed by atoms with Gasteiger partial charge in [0.2, 0.25) is 16.9 Å². The van der Waals surface area contributed by atoms with Gasteiger partial charge in [0, 0.05) is 16.6 Å². The lowest BCUT2D eigenvalue weighted by molar-refractivity contribution is -0.116. The third-order valence-electron chi connectivity index (χ3n) is 3.59. The van der Waals surface area contributed by atoms with Crippen LogP contribution in [0.2, 0.25) is 0 Å². The molecule has 3 aromatic rings. The van der Waals surface area contributed by atoms with Crippen molar-refractivity contribution in [1.29, 1.82) is 0 Å². The topological polar surface area (TPSA) is 84.0 Å². The van der Waals surface area contributed by atoms with Crippen molar-refractivity contribution >= 4 is 61.7 Å². The van der Waals surface area contributed by atoms with Gasteiger partial charge in [-0.3, -0.25) is 9.59 Å². The van der Waals surface area contributed by atoms with E-state index in [4.69, 9.17) is 0 Å². The molecular formula is C19H17BrN4O2S2. The molecule has 2 N–H and O–H groups in total. The molecule has 144 valence electrons. The fourth-order valence-electron chi connectivity index (χ4n) is 2.26. The van der Waals surface area contributed by atoms with Crippen LogP contribution in [0, 0.1) is 0 Å². The molecule has 0 radical (unpaired) electrons. The summed E-state index contributed by atoms with van der Waals surface area (Å²) in [5.74, 6) is -0.0207. The zero-order valence-corrected chi connectivity index (χ0v) is 17.9. The van der Waals surface area contributed by atoms with E-state index in [1.807, 2.05) is 54.6 Å². The first kappa shape index (κ1) is 20.5. The predicted octanol–water partition coefficient (Wildman–Crippen LogP) is 4.60. The summed E-state index contributed by atoms with van der Waals surface area (Å²) < 4.78 is 1.58. The number of thioether (sulfide) groups is 1. The lowest BCUT2D eigenvalue weighted by Gasteiger charge is -2.03. The van der Waals surface area contributed by atoms with Crippen LogP contribution < -0.4 is 10.6 Å². The highest BCUT2D eigenvalue weighted by atomic mass is 79.9. The Bertz CT molecular complexity index is 933. The molecule has 0 saturated heterocycles. The van der Waals surface area contributed by atoms with E-state index in [0.29, 0.717) is 22.3 Å². The molecule has 0 unspecified atom stereocenters. The molecule has 0 aliphatic heterocycles. The Morgan fingerprint density at radius 1 is 0.964 bits per heavy atom. The summed E-state index contributed by atoms with van der Waals surface area (Å²) >= 11 is 5.89. The van der Waals surface area contributed by atoms with E-state index in [-0.39, 0.29) is 17.6 Å².